The molecule has 11 nitrogen and oxygen atoms in total. The van der Waals surface area contributed by atoms with E-state index in [1.165, 1.54) is 43.0 Å². The molecule has 2 amide bonds. The first-order valence-electron chi connectivity index (χ1n) is 10.7. The summed E-state index contributed by atoms with van der Waals surface area (Å²) in [5, 5.41) is 21.1. The molecule has 0 spiro atoms. The van der Waals surface area contributed by atoms with Crippen LogP contribution in [0.3, 0.4) is 0 Å². The maximum atomic E-state index is 13.2. The average Bonchev–Trinajstić information content (AvgIpc) is 2.75. The summed E-state index contributed by atoms with van der Waals surface area (Å²) in [6, 6.07) is 4.38. The Kier molecular flexibility index (Phi) is 7.44. The summed E-state index contributed by atoms with van der Waals surface area (Å²) in [7, 11) is 0. The lowest BCUT2D eigenvalue weighted by Gasteiger charge is -2.49. The molecule has 1 saturated heterocycles. The predicted octanol–water partition coefficient (Wildman–Crippen LogP) is 1.12. The summed E-state index contributed by atoms with van der Waals surface area (Å²) in [5.41, 5.74) is -0.645. The number of nitrogens with one attached hydrogen (secondary N) is 1. The molecule has 1 fully saturated rings. The fraction of sp³-hybridized carbons (Fsp3) is 0.435. The average molecular weight is 507 g/mol. The minimum atomic E-state index is -1.42. The van der Waals surface area contributed by atoms with Crippen molar-refractivity contribution < 1.29 is 43.7 Å². The summed E-state index contributed by atoms with van der Waals surface area (Å²) >= 11 is 1.20. The third-order valence-corrected chi connectivity index (χ3v) is 6.47. The van der Waals surface area contributed by atoms with Gasteiger partial charge in [0.25, 0.3) is 5.91 Å². The van der Waals surface area contributed by atoms with E-state index in [0.717, 1.165) is 4.90 Å². The number of phenolic OH excluding ortho intramolecular Hbond substituents is 1. The maximum absolute atomic E-state index is 13.2. The smallest absolute Gasteiger partial charge is 0.352 e. The molecule has 2 heterocycles. The van der Waals surface area contributed by atoms with Gasteiger partial charge >= 0.3 is 17.9 Å². The molecule has 3 atom stereocenters. The summed E-state index contributed by atoms with van der Waals surface area (Å²) in [6.45, 7) is 5.87. The molecule has 1 aromatic carbocycles. The van der Waals surface area contributed by atoms with Crippen LogP contribution in [0, 0.1) is 0 Å². The second-order valence-electron chi connectivity index (χ2n) is 8.99. The summed E-state index contributed by atoms with van der Waals surface area (Å²) < 4.78 is 10.3. The van der Waals surface area contributed by atoms with E-state index >= 15 is 0 Å². The lowest BCUT2D eigenvalue weighted by Crippen LogP contribution is -2.71. The van der Waals surface area contributed by atoms with E-state index in [1.807, 2.05) is 0 Å². The number of ether oxygens (including phenoxy) is 2. The molecular formula is C23H26N2O9S. The summed E-state index contributed by atoms with van der Waals surface area (Å²) in [6.07, 6.45) is 0. The molecule has 3 rings (SSSR count). The van der Waals surface area contributed by atoms with Gasteiger partial charge in [-0.25, -0.2) is 4.79 Å². The van der Waals surface area contributed by atoms with Crippen molar-refractivity contribution in [3.8, 4) is 5.75 Å². The number of aromatic hydroxyl groups is 1. The number of carbonyl (C=O) groups excluding carboxylic acids is 4. The van der Waals surface area contributed by atoms with Crippen molar-refractivity contribution in [2.75, 3.05) is 12.4 Å². The third kappa shape index (κ3) is 5.76. The molecule has 0 saturated carbocycles. The maximum Gasteiger partial charge on any atom is 0.352 e. The standard InChI is InChI=1S/C23H26N2O9S/c1-11(26)33-9-13-10-35-20-16(19(29)25(20)17(13)21(30)31)24-18(28)15(22(32)34-23(2,3)4)12-5-7-14(27)8-6-12/h5-8,15-16,20,27H,9-10H2,1-4H3,(H,24,28)(H,30,31)/t15?,16-,20-/m1/s1. The molecule has 0 radical (unpaired) electrons. The number of phenols is 1. The number of β-lactam (4-membered cyclic amide) rings is 1. The molecule has 0 aliphatic carbocycles. The number of aliphatic carboxylic acids is 1. The van der Waals surface area contributed by atoms with Crippen LogP contribution in [-0.4, -0.2) is 74.2 Å². The van der Waals surface area contributed by atoms with Crippen LogP contribution in [0.15, 0.2) is 35.5 Å². The largest absolute Gasteiger partial charge is 0.508 e. The van der Waals surface area contributed by atoms with Gasteiger partial charge in [0.1, 0.15) is 35.1 Å². The Morgan fingerprint density at radius 1 is 1.20 bits per heavy atom. The van der Waals surface area contributed by atoms with E-state index in [0.29, 0.717) is 0 Å². The van der Waals surface area contributed by atoms with Crippen LogP contribution < -0.4 is 5.32 Å². The Hall–Kier alpha value is -3.54. The van der Waals surface area contributed by atoms with E-state index in [4.69, 9.17) is 9.47 Å². The molecule has 35 heavy (non-hydrogen) atoms. The molecule has 12 heteroatoms. The van der Waals surface area contributed by atoms with E-state index in [1.54, 1.807) is 20.8 Å². The number of benzene rings is 1. The quantitative estimate of drug-likeness (QED) is 0.278. The van der Waals surface area contributed by atoms with E-state index in [-0.39, 0.29) is 34.9 Å². The Morgan fingerprint density at radius 2 is 1.83 bits per heavy atom. The Bertz CT molecular complexity index is 1090. The number of thioether (sulfide) groups is 1. The highest BCUT2D eigenvalue weighted by atomic mass is 32.2. The monoisotopic (exact) mass is 506 g/mol. The summed E-state index contributed by atoms with van der Waals surface area (Å²) in [5.74, 6) is -5.55. The van der Waals surface area contributed by atoms with Gasteiger partial charge in [0.2, 0.25) is 5.91 Å². The topological polar surface area (TPSA) is 160 Å². The number of rotatable bonds is 7. The van der Waals surface area contributed by atoms with Gasteiger partial charge in [-0.3, -0.25) is 24.1 Å². The number of carboxylic acid groups (broad SMARTS) is 1. The number of esters is 2. The first kappa shape index (κ1) is 26.1. The molecule has 2 aliphatic rings. The number of carboxylic acids is 1. The lowest BCUT2D eigenvalue weighted by molar-refractivity contribution is -0.160. The molecule has 0 bridgehead atoms. The van der Waals surface area contributed by atoms with Crippen LogP contribution in [0.2, 0.25) is 0 Å². The lowest BCUT2D eigenvalue weighted by atomic mass is 9.96. The number of nitrogens with zero attached hydrogens (tertiary/aromatic N) is 1. The van der Waals surface area contributed by atoms with Gasteiger partial charge in [-0.2, -0.15) is 0 Å². The first-order valence-corrected chi connectivity index (χ1v) is 11.7. The van der Waals surface area contributed by atoms with Crippen LogP contribution in [0.1, 0.15) is 39.2 Å². The van der Waals surface area contributed by atoms with Gasteiger partial charge in [-0.1, -0.05) is 12.1 Å². The highest BCUT2D eigenvalue weighted by Crippen LogP contribution is 2.40. The second-order valence-corrected chi connectivity index (χ2v) is 10.1. The molecule has 188 valence electrons. The molecule has 1 aromatic rings. The van der Waals surface area contributed by atoms with Gasteiger partial charge in [0.15, 0.2) is 5.92 Å². The highest BCUT2D eigenvalue weighted by Gasteiger charge is 2.55. The van der Waals surface area contributed by atoms with E-state index in [2.05, 4.69) is 5.32 Å². The zero-order valence-electron chi connectivity index (χ0n) is 19.6. The first-order chi connectivity index (χ1) is 16.3. The molecule has 2 aliphatic heterocycles. The van der Waals surface area contributed by atoms with Crippen molar-refractivity contribution in [1.29, 1.82) is 0 Å². The van der Waals surface area contributed by atoms with Crippen molar-refractivity contribution in [3.63, 3.8) is 0 Å². The fourth-order valence-electron chi connectivity index (χ4n) is 3.64. The van der Waals surface area contributed by atoms with Crippen LogP contribution in [0.4, 0.5) is 0 Å². The van der Waals surface area contributed by atoms with Gasteiger partial charge in [-0.05, 0) is 38.5 Å². The molecular weight excluding hydrogens is 480 g/mol. The van der Waals surface area contributed by atoms with Crippen LogP contribution in [-0.2, 0) is 33.4 Å². The van der Waals surface area contributed by atoms with Crippen LogP contribution >= 0.6 is 11.8 Å². The van der Waals surface area contributed by atoms with E-state index < -0.39 is 52.7 Å². The fourth-order valence-corrected chi connectivity index (χ4v) is 4.97. The number of fused-ring (bicyclic) bond motifs is 1. The Balaban J connectivity index is 1.82. The van der Waals surface area contributed by atoms with Crippen molar-refractivity contribution in [2.24, 2.45) is 0 Å². The molecule has 1 unspecified atom stereocenters. The van der Waals surface area contributed by atoms with Crippen molar-refractivity contribution in [2.45, 2.75) is 50.6 Å². The molecule has 3 N–H and O–H groups in total. The van der Waals surface area contributed by atoms with Gasteiger partial charge < -0.3 is 25.0 Å². The minimum absolute atomic E-state index is 0.0574. The SMILES string of the molecule is CC(=O)OCC1=C(C(=O)O)N2C(=O)[C@@H](NC(=O)C(C(=O)OC(C)(C)C)c3ccc(O)cc3)[C@H]2SC1. The van der Waals surface area contributed by atoms with Gasteiger partial charge in [-0.15, -0.1) is 11.8 Å². The number of hydrogen-bond acceptors (Lipinski definition) is 9. The Morgan fingerprint density at radius 3 is 2.37 bits per heavy atom. The zero-order valence-corrected chi connectivity index (χ0v) is 20.4. The highest BCUT2D eigenvalue weighted by molar-refractivity contribution is 8.00. The van der Waals surface area contributed by atoms with Gasteiger partial charge in [0, 0.05) is 18.2 Å². The van der Waals surface area contributed by atoms with Crippen molar-refractivity contribution in [1.82, 2.24) is 10.2 Å². The van der Waals surface area contributed by atoms with Gasteiger partial charge in [0.05, 0.1) is 0 Å². The van der Waals surface area contributed by atoms with Crippen LogP contribution in [0.25, 0.3) is 0 Å². The number of hydrogen-bond donors (Lipinski definition) is 3. The predicted molar refractivity (Wildman–Crippen MR) is 123 cm³/mol. The normalized spacial score (nSPS) is 20.3. The third-order valence-electron chi connectivity index (χ3n) is 5.13. The Labute approximate surface area is 205 Å². The number of amides is 2. The molecule has 0 aromatic heterocycles. The summed E-state index contributed by atoms with van der Waals surface area (Å²) in [4.78, 5) is 63.0. The van der Waals surface area contributed by atoms with E-state index in [9.17, 15) is 34.2 Å². The second kappa shape index (κ2) is 9.98. The zero-order chi connectivity index (χ0) is 26.1. The van der Waals surface area contributed by atoms with Crippen molar-refractivity contribution >= 4 is 41.5 Å². The number of carbonyl (C=O) groups is 5. The van der Waals surface area contributed by atoms with Crippen LogP contribution in [0.5, 0.6) is 5.75 Å². The minimum Gasteiger partial charge on any atom is -0.508 e. The van der Waals surface area contributed by atoms with Crippen molar-refractivity contribution in [3.05, 3.63) is 41.1 Å².